The van der Waals surface area contributed by atoms with Crippen LogP contribution in [0.2, 0.25) is 0 Å². The van der Waals surface area contributed by atoms with Gasteiger partial charge < -0.3 is 0 Å². The number of rotatable bonds is 3. The molecule has 0 saturated carbocycles. The Morgan fingerprint density at radius 1 is 1.35 bits per heavy atom. The Labute approximate surface area is 105 Å². The first-order valence-corrected chi connectivity index (χ1v) is 7.00. The van der Waals surface area contributed by atoms with Crippen LogP contribution in [-0.2, 0) is 0 Å². The van der Waals surface area contributed by atoms with Crippen molar-refractivity contribution in [2.45, 2.75) is 6.42 Å². The summed E-state index contributed by atoms with van der Waals surface area (Å²) in [5.41, 5.74) is 0.474. The van der Waals surface area contributed by atoms with E-state index in [1.165, 1.54) is 17.9 Å². The van der Waals surface area contributed by atoms with Gasteiger partial charge >= 0.3 is 0 Å². The molecule has 4 heteroatoms. The van der Waals surface area contributed by atoms with E-state index in [1.807, 2.05) is 11.8 Å². The smallest absolute Gasteiger partial charge is 0.176 e. The van der Waals surface area contributed by atoms with Crippen LogP contribution >= 0.6 is 11.8 Å². The first kappa shape index (κ1) is 12.6. The van der Waals surface area contributed by atoms with Crippen molar-refractivity contribution in [2.24, 2.45) is 0 Å². The number of Topliss-reactive ketones (excluding diaryl/α,β-unsaturated/α-hetero) is 1. The number of carbonyl (C=O) groups is 1. The van der Waals surface area contributed by atoms with Crippen LogP contribution in [0.3, 0.4) is 0 Å². The molecule has 1 aromatic carbocycles. The van der Waals surface area contributed by atoms with Gasteiger partial charge in [-0.15, -0.1) is 0 Å². The molecular weight excluding hydrogens is 237 g/mol. The Morgan fingerprint density at radius 3 is 3.06 bits per heavy atom. The largest absolute Gasteiger partial charge is 0.295 e. The SMILES string of the molecule is O=C(CN1CCCSCC1)c1cccc(F)c1. The van der Waals surface area contributed by atoms with Crippen LogP contribution in [0.25, 0.3) is 0 Å². The van der Waals surface area contributed by atoms with Crippen LogP contribution < -0.4 is 0 Å². The highest BCUT2D eigenvalue weighted by Crippen LogP contribution is 2.11. The van der Waals surface area contributed by atoms with E-state index in [2.05, 4.69) is 4.90 Å². The van der Waals surface area contributed by atoms with Gasteiger partial charge in [-0.25, -0.2) is 4.39 Å². The maximum atomic E-state index is 13.0. The van der Waals surface area contributed by atoms with Crippen molar-refractivity contribution < 1.29 is 9.18 Å². The first-order valence-electron chi connectivity index (χ1n) is 5.84. The Morgan fingerprint density at radius 2 is 2.24 bits per heavy atom. The number of hydrogen-bond acceptors (Lipinski definition) is 3. The van der Waals surface area contributed by atoms with Gasteiger partial charge in [-0.2, -0.15) is 11.8 Å². The van der Waals surface area contributed by atoms with E-state index in [0.717, 1.165) is 25.3 Å². The minimum Gasteiger partial charge on any atom is -0.295 e. The van der Waals surface area contributed by atoms with Crippen LogP contribution in [0.15, 0.2) is 24.3 Å². The number of carbonyl (C=O) groups excluding carboxylic acids is 1. The molecule has 1 heterocycles. The minimum absolute atomic E-state index is 0.0106. The second kappa shape index (κ2) is 6.17. The van der Waals surface area contributed by atoms with Gasteiger partial charge in [0.1, 0.15) is 5.82 Å². The topological polar surface area (TPSA) is 20.3 Å². The number of benzene rings is 1. The van der Waals surface area contributed by atoms with Gasteiger partial charge in [0.15, 0.2) is 5.78 Å². The third-order valence-corrected chi connectivity index (χ3v) is 3.88. The molecule has 0 aromatic heterocycles. The fourth-order valence-corrected chi connectivity index (χ4v) is 2.84. The summed E-state index contributed by atoms with van der Waals surface area (Å²) in [4.78, 5) is 14.1. The van der Waals surface area contributed by atoms with E-state index in [4.69, 9.17) is 0 Å². The lowest BCUT2D eigenvalue weighted by atomic mass is 10.1. The van der Waals surface area contributed by atoms with Crippen LogP contribution in [0.4, 0.5) is 4.39 Å². The minimum atomic E-state index is -0.345. The fraction of sp³-hybridized carbons (Fsp3) is 0.462. The highest BCUT2D eigenvalue weighted by atomic mass is 32.2. The zero-order chi connectivity index (χ0) is 12.1. The number of halogens is 1. The molecule has 2 nitrogen and oxygen atoms in total. The molecule has 1 fully saturated rings. The highest BCUT2D eigenvalue weighted by molar-refractivity contribution is 7.99. The van der Waals surface area contributed by atoms with Crippen molar-refractivity contribution in [3.05, 3.63) is 35.6 Å². The molecule has 0 N–H and O–H groups in total. The molecule has 1 saturated heterocycles. The van der Waals surface area contributed by atoms with E-state index in [-0.39, 0.29) is 11.6 Å². The predicted octanol–water partition coefficient (Wildman–Crippen LogP) is 2.45. The van der Waals surface area contributed by atoms with E-state index in [0.29, 0.717) is 12.1 Å². The van der Waals surface area contributed by atoms with Crippen molar-refractivity contribution >= 4 is 17.5 Å². The summed E-state index contributed by atoms with van der Waals surface area (Å²) in [5, 5.41) is 0. The predicted molar refractivity (Wildman–Crippen MR) is 69.1 cm³/mol. The van der Waals surface area contributed by atoms with Gasteiger partial charge in [-0.3, -0.25) is 9.69 Å². The Bertz CT molecular complexity index is 389. The number of ketones is 1. The molecule has 0 spiro atoms. The Balaban J connectivity index is 1.96. The second-order valence-electron chi connectivity index (χ2n) is 4.18. The molecule has 1 aliphatic rings. The Hall–Kier alpha value is -0.870. The lowest BCUT2D eigenvalue weighted by Gasteiger charge is -2.18. The van der Waals surface area contributed by atoms with Crippen LogP contribution in [-0.4, -0.2) is 41.8 Å². The molecule has 0 bridgehead atoms. The normalized spacial score (nSPS) is 17.7. The third-order valence-electron chi connectivity index (χ3n) is 2.83. The lowest BCUT2D eigenvalue weighted by molar-refractivity contribution is 0.0935. The quantitative estimate of drug-likeness (QED) is 0.772. The van der Waals surface area contributed by atoms with Crippen LogP contribution in [0.5, 0.6) is 0 Å². The average molecular weight is 253 g/mol. The van der Waals surface area contributed by atoms with Gasteiger partial charge in [-0.1, -0.05) is 12.1 Å². The van der Waals surface area contributed by atoms with Gasteiger partial charge in [0.25, 0.3) is 0 Å². The zero-order valence-corrected chi connectivity index (χ0v) is 10.5. The summed E-state index contributed by atoms with van der Waals surface area (Å²) in [7, 11) is 0. The average Bonchev–Trinajstić information content (AvgIpc) is 2.57. The number of hydrogen-bond donors (Lipinski definition) is 0. The summed E-state index contributed by atoms with van der Waals surface area (Å²) < 4.78 is 13.0. The van der Waals surface area contributed by atoms with Crippen molar-refractivity contribution in [1.82, 2.24) is 4.90 Å². The van der Waals surface area contributed by atoms with Gasteiger partial charge in [0.05, 0.1) is 6.54 Å². The summed E-state index contributed by atoms with van der Waals surface area (Å²) in [6.45, 7) is 2.32. The molecule has 0 aliphatic carbocycles. The first-order chi connectivity index (χ1) is 8.25. The molecule has 0 amide bonds. The van der Waals surface area contributed by atoms with Crippen molar-refractivity contribution in [2.75, 3.05) is 31.1 Å². The molecule has 17 heavy (non-hydrogen) atoms. The van der Waals surface area contributed by atoms with Crippen molar-refractivity contribution in [3.63, 3.8) is 0 Å². The molecule has 0 radical (unpaired) electrons. The molecule has 0 atom stereocenters. The summed E-state index contributed by atoms with van der Waals surface area (Å²) >= 11 is 1.93. The molecule has 2 rings (SSSR count). The lowest BCUT2D eigenvalue weighted by Crippen LogP contribution is -2.31. The summed E-state index contributed by atoms with van der Waals surface area (Å²) in [6.07, 6.45) is 1.13. The van der Waals surface area contributed by atoms with Crippen molar-refractivity contribution in [3.8, 4) is 0 Å². The maximum absolute atomic E-state index is 13.0. The number of nitrogens with zero attached hydrogens (tertiary/aromatic N) is 1. The molecule has 1 aromatic rings. The third kappa shape index (κ3) is 3.82. The summed E-state index contributed by atoms with van der Waals surface area (Å²) in [6, 6.07) is 5.94. The van der Waals surface area contributed by atoms with E-state index in [1.54, 1.807) is 12.1 Å². The fourth-order valence-electron chi connectivity index (χ4n) is 1.91. The summed E-state index contributed by atoms with van der Waals surface area (Å²) in [5.74, 6) is 1.92. The van der Waals surface area contributed by atoms with E-state index < -0.39 is 0 Å². The van der Waals surface area contributed by atoms with Gasteiger partial charge in [0.2, 0.25) is 0 Å². The highest BCUT2D eigenvalue weighted by Gasteiger charge is 2.14. The molecule has 92 valence electrons. The molecule has 1 aliphatic heterocycles. The Kier molecular flexibility index (Phi) is 4.57. The standard InChI is InChI=1S/C13H16FNOS/c14-12-4-1-3-11(9-12)13(16)10-15-5-2-7-17-8-6-15/h1,3-4,9H,2,5-8,10H2. The van der Waals surface area contributed by atoms with Crippen LogP contribution in [0, 0.1) is 5.82 Å². The van der Waals surface area contributed by atoms with Crippen molar-refractivity contribution in [1.29, 1.82) is 0 Å². The van der Waals surface area contributed by atoms with Gasteiger partial charge in [-0.05, 0) is 30.9 Å². The zero-order valence-electron chi connectivity index (χ0n) is 9.69. The van der Waals surface area contributed by atoms with E-state index >= 15 is 0 Å². The molecule has 0 unspecified atom stereocenters. The van der Waals surface area contributed by atoms with E-state index in [9.17, 15) is 9.18 Å². The molecular formula is C13H16FNOS. The second-order valence-corrected chi connectivity index (χ2v) is 5.40. The maximum Gasteiger partial charge on any atom is 0.176 e. The number of thioether (sulfide) groups is 1. The van der Waals surface area contributed by atoms with Crippen LogP contribution in [0.1, 0.15) is 16.8 Å². The monoisotopic (exact) mass is 253 g/mol. The van der Waals surface area contributed by atoms with Gasteiger partial charge in [0, 0.05) is 17.9 Å².